The van der Waals surface area contributed by atoms with E-state index in [1.165, 1.54) is 11.1 Å². The molecule has 0 unspecified atom stereocenters. The Labute approximate surface area is 209 Å². The molecule has 0 atom stereocenters. The van der Waals surface area contributed by atoms with Crippen molar-refractivity contribution in [3.05, 3.63) is 93.5 Å². The Kier molecular flexibility index (Phi) is 9.72. The summed E-state index contributed by atoms with van der Waals surface area (Å²) < 4.78 is 12.8. The van der Waals surface area contributed by atoms with Crippen molar-refractivity contribution in [3.8, 4) is 11.5 Å². The van der Waals surface area contributed by atoms with E-state index in [4.69, 9.17) is 21.7 Å². The summed E-state index contributed by atoms with van der Waals surface area (Å²) in [5, 5.41) is 7.83. The smallest absolute Gasteiger partial charge is 0.187 e. The largest absolute Gasteiger partial charge is 0.490 e. The highest BCUT2D eigenvalue weighted by Crippen LogP contribution is 2.22. The van der Waals surface area contributed by atoms with Gasteiger partial charge in [-0.1, -0.05) is 59.3 Å². The molecule has 0 saturated carbocycles. The number of halogens is 1. The van der Waals surface area contributed by atoms with Crippen LogP contribution in [0.3, 0.4) is 0 Å². The van der Waals surface area contributed by atoms with Crippen molar-refractivity contribution >= 4 is 39.5 Å². The summed E-state index contributed by atoms with van der Waals surface area (Å²) in [7, 11) is 0. The molecule has 0 aliphatic carbocycles. The van der Waals surface area contributed by atoms with Gasteiger partial charge in [-0.15, -0.1) is 0 Å². The molecule has 0 spiro atoms. The first kappa shape index (κ1) is 24.7. The van der Waals surface area contributed by atoms with Crippen LogP contribution in [0.5, 0.6) is 11.5 Å². The molecule has 5 nitrogen and oxygen atoms in total. The average molecular weight is 527 g/mol. The molecule has 3 aromatic rings. The van der Waals surface area contributed by atoms with Gasteiger partial charge in [-0.2, -0.15) is 5.10 Å². The first-order chi connectivity index (χ1) is 16.0. The van der Waals surface area contributed by atoms with Gasteiger partial charge in [-0.3, -0.25) is 5.43 Å². The van der Waals surface area contributed by atoms with Crippen LogP contribution in [0.1, 0.15) is 29.2 Å². The van der Waals surface area contributed by atoms with Gasteiger partial charge in [0.25, 0.3) is 0 Å². The van der Waals surface area contributed by atoms with Crippen LogP contribution in [0.2, 0.25) is 0 Å². The van der Waals surface area contributed by atoms with Crippen LogP contribution in [0.25, 0.3) is 0 Å². The Morgan fingerprint density at radius 3 is 2.58 bits per heavy atom. The van der Waals surface area contributed by atoms with E-state index in [0.717, 1.165) is 27.8 Å². The third-order valence-electron chi connectivity index (χ3n) is 4.77. The van der Waals surface area contributed by atoms with Gasteiger partial charge in [0.1, 0.15) is 24.7 Å². The van der Waals surface area contributed by atoms with Crippen LogP contribution in [0.15, 0.2) is 76.3 Å². The third-order valence-corrected chi connectivity index (χ3v) is 5.49. The quantitative estimate of drug-likeness (QED) is 0.152. The molecule has 0 saturated heterocycles. The number of nitrogens with zero attached hydrogens (tertiary/aromatic N) is 1. The first-order valence-corrected chi connectivity index (χ1v) is 12.0. The summed E-state index contributed by atoms with van der Waals surface area (Å²) in [6, 6.07) is 22.1. The summed E-state index contributed by atoms with van der Waals surface area (Å²) >= 11 is 8.79. The Balaban J connectivity index is 1.50. The molecule has 2 N–H and O–H groups in total. The lowest BCUT2D eigenvalue weighted by atomic mass is 10.1. The topological polar surface area (TPSA) is 54.9 Å². The fourth-order valence-corrected chi connectivity index (χ4v) is 3.66. The predicted octanol–water partition coefficient (Wildman–Crippen LogP) is 5.78. The maximum atomic E-state index is 5.95. The van der Waals surface area contributed by atoms with Crippen LogP contribution in [0.4, 0.5) is 0 Å². The molecule has 0 aliphatic rings. The van der Waals surface area contributed by atoms with Gasteiger partial charge < -0.3 is 14.8 Å². The van der Waals surface area contributed by atoms with E-state index in [1.54, 1.807) is 6.21 Å². The lowest BCUT2D eigenvalue weighted by Crippen LogP contribution is -2.31. The van der Waals surface area contributed by atoms with Crippen molar-refractivity contribution in [2.75, 3.05) is 13.2 Å². The molecule has 3 aromatic carbocycles. The Bertz CT molecular complexity index is 1090. The fraction of sp³-hybridized carbons (Fsp3) is 0.231. The summed E-state index contributed by atoms with van der Waals surface area (Å²) in [6.07, 6.45) is 2.67. The van der Waals surface area contributed by atoms with Gasteiger partial charge in [0, 0.05) is 16.6 Å². The minimum absolute atomic E-state index is 0.419. The number of hydrogen-bond acceptors (Lipinski definition) is 4. The summed E-state index contributed by atoms with van der Waals surface area (Å²) in [4.78, 5) is 0. The van der Waals surface area contributed by atoms with E-state index >= 15 is 0 Å². The maximum absolute atomic E-state index is 5.95. The van der Waals surface area contributed by atoms with Crippen molar-refractivity contribution in [1.29, 1.82) is 0 Å². The van der Waals surface area contributed by atoms with Crippen LogP contribution >= 0.6 is 28.1 Å². The Hall–Kier alpha value is -2.90. The lowest BCUT2D eigenvalue weighted by Gasteiger charge is -2.12. The molecule has 33 heavy (non-hydrogen) atoms. The molecule has 0 bridgehead atoms. The summed E-state index contributed by atoms with van der Waals surface area (Å²) in [5.41, 5.74) is 7.28. The molecule has 172 valence electrons. The second-order valence-electron chi connectivity index (χ2n) is 7.43. The summed E-state index contributed by atoms with van der Waals surface area (Å²) in [6.45, 7) is 5.72. The van der Waals surface area contributed by atoms with E-state index in [9.17, 15) is 0 Å². The molecule has 0 amide bonds. The number of aryl methyl sites for hydroxylation is 2. The fourth-order valence-electron chi connectivity index (χ4n) is 3.15. The van der Waals surface area contributed by atoms with E-state index in [0.29, 0.717) is 30.6 Å². The number of benzene rings is 3. The van der Waals surface area contributed by atoms with Crippen molar-refractivity contribution in [2.45, 2.75) is 26.8 Å². The SMILES string of the molecule is CCc1cc(C)cc(OCCOc2ccc(Br)cc2/C=N/NC(=S)NCc2ccccc2)c1. The molecular weight excluding hydrogens is 498 g/mol. The van der Waals surface area contributed by atoms with Crippen LogP contribution in [-0.2, 0) is 13.0 Å². The van der Waals surface area contributed by atoms with Gasteiger partial charge in [0.2, 0.25) is 0 Å². The van der Waals surface area contributed by atoms with Gasteiger partial charge in [0.15, 0.2) is 5.11 Å². The van der Waals surface area contributed by atoms with Crippen LogP contribution in [0, 0.1) is 6.92 Å². The maximum Gasteiger partial charge on any atom is 0.187 e. The molecule has 7 heteroatoms. The number of rotatable bonds is 10. The monoisotopic (exact) mass is 525 g/mol. The molecule has 0 aliphatic heterocycles. The van der Waals surface area contributed by atoms with Crippen molar-refractivity contribution in [3.63, 3.8) is 0 Å². The van der Waals surface area contributed by atoms with E-state index in [1.807, 2.05) is 54.6 Å². The number of ether oxygens (including phenoxy) is 2. The highest BCUT2D eigenvalue weighted by Gasteiger charge is 2.04. The Morgan fingerprint density at radius 1 is 1.00 bits per heavy atom. The van der Waals surface area contributed by atoms with Crippen LogP contribution < -0.4 is 20.2 Å². The van der Waals surface area contributed by atoms with Gasteiger partial charge in [0.05, 0.1) is 6.21 Å². The number of thiocarbonyl (C=S) groups is 1. The van der Waals surface area contributed by atoms with Crippen LogP contribution in [-0.4, -0.2) is 24.5 Å². The summed E-state index contributed by atoms with van der Waals surface area (Å²) in [5.74, 6) is 1.59. The zero-order valence-electron chi connectivity index (χ0n) is 18.8. The van der Waals surface area contributed by atoms with Crippen molar-refractivity contribution in [2.24, 2.45) is 5.10 Å². The van der Waals surface area contributed by atoms with Crippen molar-refractivity contribution in [1.82, 2.24) is 10.7 Å². The predicted molar refractivity (Wildman–Crippen MR) is 142 cm³/mol. The van der Waals surface area contributed by atoms with E-state index in [2.05, 4.69) is 57.8 Å². The average Bonchev–Trinajstić information content (AvgIpc) is 2.82. The molecule has 0 heterocycles. The molecule has 3 rings (SSSR count). The highest BCUT2D eigenvalue weighted by atomic mass is 79.9. The van der Waals surface area contributed by atoms with Crippen molar-refractivity contribution < 1.29 is 9.47 Å². The van der Waals surface area contributed by atoms with E-state index in [-0.39, 0.29) is 0 Å². The van der Waals surface area contributed by atoms with Gasteiger partial charge >= 0.3 is 0 Å². The zero-order chi connectivity index (χ0) is 23.5. The first-order valence-electron chi connectivity index (χ1n) is 10.8. The molecule has 0 radical (unpaired) electrons. The van der Waals surface area contributed by atoms with E-state index < -0.39 is 0 Å². The number of nitrogens with one attached hydrogen (secondary N) is 2. The molecule has 0 aromatic heterocycles. The standard InChI is InChI=1S/C26H28BrN3O2S/c1-3-20-13-19(2)14-24(15-20)31-11-12-32-25-10-9-23(27)16-22(25)18-29-30-26(33)28-17-21-7-5-4-6-8-21/h4-10,13-16,18H,3,11-12,17H2,1-2H3,(H2,28,30,33)/b29-18+. The second kappa shape index (κ2) is 13.0. The molecular formula is C26H28BrN3O2S. The third kappa shape index (κ3) is 8.51. The Morgan fingerprint density at radius 2 is 1.79 bits per heavy atom. The lowest BCUT2D eigenvalue weighted by molar-refractivity contribution is 0.217. The molecule has 0 fully saturated rings. The minimum atomic E-state index is 0.419. The normalized spacial score (nSPS) is 10.8. The highest BCUT2D eigenvalue weighted by molar-refractivity contribution is 9.10. The number of hydrogen-bond donors (Lipinski definition) is 2. The second-order valence-corrected chi connectivity index (χ2v) is 8.75. The minimum Gasteiger partial charge on any atom is -0.490 e. The number of hydrazone groups is 1. The zero-order valence-corrected chi connectivity index (χ0v) is 21.2. The van der Waals surface area contributed by atoms with Gasteiger partial charge in [-0.05, 0) is 72.6 Å². The van der Waals surface area contributed by atoms with Gasteiger partial charge in [-0.25, -0.2) is 0 Å².